The van der Waals surface area contributed by atoms with Crippen molar-refractivity contribution in [3.05, 3.63) is 135 Å². The molecule has 7 heteroatoms. The maximum Gasteiger partial charge on any atom is 0.528 e. The second-order valence-corrected chi connectivity index (χ2v) is 6.57. The second kappa shape index (κ2) is 19.9. The molecule has 0 heterocycles. The van der Waals surface area contributed by atoms with Crippen LogP contribution in [-0.2, 0) is 30.4 Å². The molecule has 0 fully saturated rings. The van der Waals surface area contributed by atoms with Crippen molar-refractivity contribution >= 4 is 8.60 Å². The Morgan fingerprint density at radius 1 is 0.500 bits per heavy atom. The summed E-state index contributed by atoms with van der Waals surface area (Å²) in [4.78, 5) is 0. The molecule has 0 spiro atoms. The molecule has 0 aliphatic rings. The van der Waals surface area contributed by atoms with Crippen LogP contribution in [0.15, 0.2) is 121 Å². The average Bonchev–Trinajstić information content (AvgIpc) is 3.44. The molecule has 5 nitrogen and oxygen atoms in total. The summed E-state index contributed by atoms with van der Waals surface area (Å²) in [7, 11) is -2.00. The van der Waals surface area contributed by atoms with Gasteiger partial charge in [0.05, 0.1) is 0 Å². The van der Waals surface area contributed by atoms with E-state index < -0.39 is 8.60 Å². The third-order valence-corrected chi connectivity index (χ3v) is 4.60. The molecular weight excluding hydrogens is 507 g/mol. The Balaban J connectivity index is 0.000000822. The standard InChI is InChI=1S/C18H16O3P.C5H5.2CO.Mo/c1-4-10-16(11-5-1)19-22(20-17-12-6-2-7-13-17)21-18-14-8-3-9-15-18;1-2-4-5-3-1;2*1-2;/h1-15,22H;1-5H;;;/q+1;-1;;;. The van der Waals surface area contributed by atoms with Crippen LogP contribution in [0.4, 0.5) is 0 Å². The van der Waals surface area contributed by atoms with Gasteiger partial charge in [-0.25, -0.2) is 12.1 Å². The van der Waals surface area contributed by atoms with Crippen molar-refractivity contribution < 1.29 is 43.9 Å². The topological polar surface area (TPSA) is 67.5 Å². The Kier molecular flexibility index (Phi) is 18.1. The molecule has 0 aliphatic heterocycles. The maximum absolute atomic E-state index is 7.50. The van der Waals surface area contributed by atoms with E-state index in [1.54, 1.807) is 0 Å². The normalized spacial score (nSPS) is 8.41. The van der Waals surface area contributed by atoms with Gasteiger partial charge in [-0.3, -0.25) is 13.6 Å². The Morgan fingerprint density at radius 3 is 1.00 bits per heavy atom. The van der Waals surface area contributed by atoms with Crippen molar-refractivity contribution in [3.8, 4) is 17.2 Å². The summed E-state index contributed by atoms with van der Waals surface area (Å²) in [5.41, 5.74) is 0. The number of benzene rings is 3. The van der Waals surface area contributed by atoms with Gasteiger partial charge in [0.1, 0.15) is 0 Å². The van der Waals surface area contributed by atoms with Crippen molar-refractivity contribution in [2.24, 2.45) is 0 Å². The van der Waals surface area contributed by atoms with Gasteiger partial charge < -0.3 is 0 Å². The predicted octanol–water partition coefficient (Wildman–Crippen LogP) is 6.51. The molecule has 0 aliphatic carbocycles. The van der Waals surface area contributed by atoms with E-state index >= 15 is 0 Å². The molecule has 0 atom stereocenters. The van der Waals surface area contributed by atoms with E-state index in [1.807, 2.05) is 121 Å². The van der Waals surface area contributed by atoms with Crippen LogP contribution in [0.2, 0.25) is 0 Å². The molecule has 32 heavy (non-hydrogen) atoms. The number of hydrogen-bond donors (Lipinski definition) is 0. The number of rotatable bonds is 6. The van der Waals surface area contributed by atoms with Crippen LogP contribution in [0, 0.1) is 13.3 Å². The fourth-order valence-corrected chi connectivity index (χ4v) is 3.25. The van der Waals surface area contributed by atoms with Crippen LogP contribution in [-0.4, -0.2) is 0 Å². The summed E-state index contributed by atoms with van der Waals surface area (Å²) >= 11 is 0. The van der Waals surface area contributed by atoms with Crippen molar-refractivity contribution in [2.45, 2.75) is 0 Å². The van der Waals surface area contributed by atoms with Gasteiger partial charge in [-0.2, -0.15) is 18.2 Å². The number of para-hydroxylation sites is 3. The van der Waals surface area contributed by atoms with Crippen molar-refractivity contribution in [2.75, 3.05) is 0 Å². The van der Waals surface area contributed by atoms with Crippen LogP contribution in [0.3, 0.4) is 0 Å². The molecule has 4 aromatic rings. The van der Waals surface area contributed by atoms with Crippen LogP contribution in [0.1, 0.15) is 0 Å². The van der Waals surface area contributed by atoms with Crippen LogP contribution < -0.4 is 13.6 Å². The fraction of sp³-hybridized carbons (Fsp3) is 0. The van der Waals surface area contributed by atoms with Crippen molar-refractivity contribution in [1.82, 2.24) is 0 Å². The minimum absolute atomic E-state index is 0. The zero-order chi connectivity index (χ0) is 22.6. The summed E-state index contributed by atoms with van der Waals surface area (Å²) in [5, 5.41) is 0. The Hall–Kier alpha value is -2.99. The van der Waals surface area contributed by atoms with Crippen LogP contribution in [0.25, 0.3) is 0 Å². The third kappa shape index (κ3) is 12.6. The van der Waals surface area contributed by atoms with E-state index in [4.69, 9.17) is 22.9 Å². The largest absolute Gasteiger partial charge is 0.528 e. The molecule has 162 valence electrons. The summed E-state index contributed by atoms with van der Waals surface area (Å²) in [6, 6.07) is 38.6. The predicted molar refractivity (Wildman–Crippen MR) is 119 cm³/mol. The minimum atomic E-state index is -2.00. The molecular formula is C25H21MoO5P. The van der Waals surface area contributed by atoms with Crippen LogP contribution in [0.5, 0.6) is 17.2 Å². The van der Waals surface area contributed by atoms with E-state index in [0.717, 1.165) is 17.2 Å². The van der Waals surface area contributed by atoms with Gasteiger partial charge in [0, 0.05) is 21.1 Å². The molecule has 0 saturated heterocycles. The Morgan fingerprint density at radius 2 is 0.781 bits per heavy atom. The zero-order valence-electron chi connectivity index (χ0n) is 17.0. The van der Waals surface area contributed by atoms with Crippen LogP contribution >= 0.6 is 8.60 Å². The third-order valence-electron chi connectivity index (χ3n) is 3.39. The zero-order valence-corrected chi connectivity index (χ0v) is 20.0. The molecule has 0 aromatic heterocycles. The molecule has 0 amide bonds. The maximum atomic E-state index is 7.50. The van der Waals surface area contributed by atoms with Crippen molar-refractivity contribution in [3.63, 3.8) is 0 Å². The average molecular weight is 528 g/mol. The molecule has 4 aromatic carbocycles. The smallest absolute Gasteiger partial charge is 0.273 e. The molecule has 0 bridgehead atoms. The van der Waals surface area contributed by atoms with Gasteiger partial charge in [-0.1, -0.05) is 54.6 Å². The first-order valence-corrected chi connectivity index (χ1v) is 10.3. The first-order chi connectivity index (χ1) is 15.4. The van der Waals surface area contributed by atoms with Gasteiger partial charge in [0.15, 0.2) is 17.2 Å². The molecule has 0 radical (unpaired) electrons. The Labute approximate surface area is 204 Å². The Bertz CT molecular complexity index is 824. The van der Waals surface area contributed by atoms with E-state index in [0.29, 0.717) is 0 Å². The van der Waals surface area contributed by atoms with Gasteiger partial charge in [-0.15, -0.1) is 0 Å². The SMILES string of the molecule is [C-]#[O+].[C-]#[O+].[Mo].c1cc[cH-]c1.c1ccc(O[PH+](Oc2ccccc2)Oc2ccccc2)cc1. The van der Waals surface area contributed by atoms with Gasteiger partial charge >= 0.3 is 31.2 Å². The van der Waals surface area contributed by atoms with Crippen molar-refractivity contribution in [1.29, 1.82) is 0 Å². The molecule has 0 unspecified atom stereocenters. The quantitative estimate of drug-likeness (QED) is 0.124. The second-order valence-electron chi connectivity index (χ2n) is 5.46. The van der Waals surface area contributed by atoms with Gasteiger partial charge in [-0.05, 0) is 36.4 Å². The summed E-state index contributed by atoms with van der Waals surface area (Å²) in [6.45, 7) is 9.00. The molecule has 4 rings (SSSR count). The molecule has 0 saturated carbocycles. The van der Waals surface area contributed by atoms with Gasteiger partial charge in [0.2, 0.25) is 0 Å². The number of hydrogen-bond acceptors (Lipinski definition) is 3. The first-order valence-electron chi connectivity index (χ1n) is 9.03. The van der Waals surface area contributed by atoms with Gasteiger partial charge in [0.25, 0.3) is 0 Å². The van der Waals surface area contributed by atoms with E-state index in [9.17, 15) is 0 Å². The molecule has 0 N–H and O–H groups in total. The minimum Gasteiger partial charge on any atom is -0.273 e. The fourth-order valence-electron chi connectivity index (χ4n) is 2.14. The summed E-state index contributed by atoms with van der Waals surface area (Å²) < 4.78 is 32.6. The monoisotopic (exact) mass is 530 g/mol. The summed E-state index contributed by atoms with van der Waals surface area (Å²) in [5.74, 6) is 2.18. The van der Waals surface area contributed by atoms with E-state index in [-0.39, 0.29) is 21.1 Å². The first kappa shape index (κ1) is 29.0. The van der Waals surface area contributed by atoms with E-state index in [2.05, 4.69) is 13.3 Å². The summed E-state index contributed by atoms with van der Waals surface area (Å²) in [6.07, 6.45) is 0. The van der Waals surface area contributed by atoms with E-state index in [1.165, 1.54) is 0 Å².